The minimum Gasteiger partial charge on any atom is -0.477 e. The highest BCUT2D eigenvalue weighted by Crippen LogP contribution is 2.33. The van der Waals surface area contributed by atoms with Crippen molar-refractivity contribution in [3.05, 3.63) is 22.9 Å². The van der Waals surface area contributed by atoms with E-state index >= 15 is 0 Å². The second kappa shape index (κ2) is 4.59. The summed E-state index contributed by atoms with van der Waals surface area (Å²) in [7, 11) is 0. The molecule has 1 aromatic heterocycles. The molecule has 2 aliphatic carbocycles. The first-order chi connectivity index (χ1) is 8.74. The number of nitrogens with zero attached hydrogens (tertiary/aromatic N) is 1. The highest BCUT2D eigenvalue weighted by molar-refractivity contribution is 5.90. The van der Waals surface area contributed by atoms with Crippen LogP contribution in [0.15, 0.2) is 6.07 Å². The lowest BCUT2D eigenvalue weighted by atomic mass is 10.1. The van der Waals surface area contributed by atoms with Crippen molar-refractivity contribution in [3.8, 4) is 5.88 Å². The van der Waals surface area contributed by atoms with Gasteiger partial charge in [-0.3, -0.25) is 0 Å². The Morgan fingerprint density at radius 2 is 2.28 bits per heavy atom. The minimum absolute atomic E-state index is 0.214. The molecule has 0 radical (unpaired) electrons. The Hall–Kier alpha value is -1.58. The number of carboxylic acids is 1. The zero-order chi connectivity index (χ0) is 12.5. The molecule has 0 saturated heterocycles. The minimum atomic E-state index is -0.946. The smallest absolute Gasteiger partial charge is 0.341 e. The molecule has 0 aromatic carbocycles. The summed E-state index contributed by atoms with van der Waals surface area (Å²) in [5.41, 5.74) is 2.30. The summed E-state index contributed by atoms with van der Waals surface area (Å²) in [5, 5.41) is 9.20. The molecule has 0 unspecified atom stereocenters. The summed E-state index contributed by atoms with van der Waals surface area (Å²) < 4.78 is 5.58. The number of pyridine rings is 1. The highest BCUT2D eigenvalue weighted by Gasteiger charge is 2.23. The number of ether oxygens (including phenoxy) is 1. The van der Waals surface area contributed by atoms with E-state index in [0.717, 1.165) is 42.9 Å². The molecule has 4 heteroatoms. The fourth-order valence-corrected chi connectivity index (χ4v) is 2.45. The number of hydrogen-bond donors (Lipinski definition) is 1. The zero-order valence-corrected chi connectivity index (χ0v) is 10.3. The van der Waals surface area contributed by atoms with Crippen LogP contribution in [0.1, 0.15) is 47.3 Å². The van der Waals surface area contributed by atoms with Crippen molar-refractivity contribution in [2.45, 2.75) is 38.5 Å². The second-order valence-electron chi connectivity index (χ2n) is 5.19. The summed E-state index contributed by atoms with van der Waals surface area (Å²) in [6, 6.07) is 1.74. The molecule has 1 fully saturated rings. The van der Waals surface area contributed by atoms with E-state index in [0.29, 0.717) is 12.5 Å². The van der Waals surface area contributed by atoms with Crippen molar-refractivity contribution >= 4 is 5.97 Å². The van der Waals surface area contributed by atoms with Crippen molar-refractivity contribution in [2.75, 3.05) is 6.61 Å². The average molecular weight is 247 g/mol. The van der Waals surface area contributed by atoms with E-state index in [9.17, 15) is 9.90 Å². The molecule has 18 heavy (non-hydrogen) atoms. The maximum atomic E-state index is 11.2. The predicted molar refractivity (Wildman–Crippen MR) is 66.1 cm³/mol. The van der Waals surface area contributed by atoms with Crippen LogP contribution in [0.4, 0.5) is 0 Å². The van der Waals surface area contributed by atoms with Gasteiger partial charge in [0.2, 0.25) is 5.88 Å². The number of aromatic nitrogens is 1. The summed E-state index contributed by atoms with van der Waals surface area (Å²) >= 11 is 0. The van der Waals surface area contributed by atoms with Crippen LogP contribution in [0.25, 0.3) is 0 Å². The van der Waals surface area contributed by atoms with E-state index in [1.165, 1.54) is 12.8 Å². The Kier molecular flexibility index (Phi) is 2.94. The number of carbonyl (C=O) groups is 1. The first kappa shape index (κ1) is 11.5. The molecule has 0 spiro atoms. The van der Waals surface area contributed by atoms with Gasteiger partial charge in [0.25, 0.3) is 0 Å². The number of rotatable bonds is 5. The molecule has 0 amide bonds. The Morgan fingerprint density at radius 1 is 1.44 bits per heavy atom. The van der Waals surface area contributed by atoms with Crippen molar-refractivity contribution < 1.29 is 14.6 Å². The molecule has 0 aliphatic heterocycles. The van der Waals surface area contributed by atoms with Crippen molar-refractivity contribution in [1.82, 2.24) is 4.98 Å². The number of hydrogen-bond acceptors (Lipinski definition) is 3. The third-order valence-corrected chi connectivity index (χ3v) is 3.71. The summed E-state index contributed by atoms with van der Waals surface area (Å²) in [4.78, 5) is 15.6. The highest BCUT2D eigenvalue weighted by atomic mass is 16.5. The molecule has 2 aliphatic rings. The van der Waals surface area contributed by atoms with Crippen molar-refractivity contribution in [3.63, 3.8) is 0 Å². The Bertz CT molecular complexity index is 480. The molecular formula is C14H17NO3. The molecule has 0 atom stereocenters. The zero-order valence-electron chi connectivity index (χ0n) is 10.3. The van der Waals surface area contributed by atoms with Gasteiger partial charge in [0.15, 0.2) is 0 Å². The fourth-order valence-electron chi connectivity index (χ4n) is 2.45. The lowest BCUT2D eigenvalue weighted by Crippen LogP contribution is -2.08. The van der Waals surface area contributed by atoms with E-state index in [1.54, 1.807) is 6.07 Å². The average Bonchev–Trinajstić information content (AvgIpc) is 3.05. The standard InChI is InChI=1S/C14H17NO3/c16-14(17)11-8-10-2-1-3-12(10)15-13(11)18-7-6-9-4-5-9/h8-9H,1-7H2,(H,16,17). The molecule has 1 N–H and O–H groups in total. The van der Waals surface area contributed by atoms with Gasteiger partial charge in [0, 0.05) is 5.69 Å². The van der Waals surface area contributed by atoms with Gasteiger partial charge in [0.1, 0.15) is 5.56 Å². The first-order valence-corrected chi connectivity index (χ1v) is 6.63. The van der Waals surface area contributed by atoms with Crippen LogP contribution in [0.3, 0.4) is 0 Å². The van der Waals surface area contributed by atoms with E-state index in [4.69, 9.17) is 4.74 Å². The SMILES string of the molecule is O=C(O)c1cc2c(nc1OCCC1CC1)CCC2. The normalized spacial score (nSPS) is 17.6. The third-order valence-electron chi connectivity index (χ3n) is 3.71. The largest absolute Gasteiger partial charge is 0.477 e. The van der Waals surface area contributed by atoms with E-state index in [2.05, 4.69) is 4.98 Å². The van der Waals surface area contributed by atoms with Gasteiger partial charge in [-0.2, -0.15) is 0 Å². The van der Waals surface area contributed by atoms with Crippen LogP contribution in [0.2, 0.25) is 0 Å². The summed E-state index contributed by atoms with van der Waals surface area (Å²) in [6.07, 6.45) is 6.52. The van der Waals surface area contributed by atoms with Gasteiger partial charge < -0.3 is 9.84 Å². The van der Waals surface area contributed by atoms with Gasteiger partial charge in [-0.15, -0.1) is 0 Å². The Morgan fingerprint density at radius 3 is 3.00 bits per heavy atom. The molecule has 3 rings (SSSR count). The molecule has 4 nitrogen and oxygen atoms in total. The van der Waals surface area contributed by atoms with Gasteiger partial charge in [0.05, 0.1) is 6.61 Å². The van der Waals surface area contributed by atoms with Gasteiger partial charge in [-0.25, -0.2) is 9.78 Å². The predicted octanol–water partition coefficient (Wildman–Crippen LogP) is 2.45. The monoisotopic (exact) mass is 247 g/mol. The van der Waals surface area contributed by atoms with E-state index in [1.807, 2.05) is 0 Å². The van der Waals surface area contributed by atoms with Crippen molar-refractivity contribution in [1.29, 1.82) is 0 Å². The summed E-state index contributed by atoms with van der Waals surface area (Å²) in [6.45, 7) is 0.580. The van der Waals surface area contributed by atoms with Crippen LogP contribution in [0, 0.1) is 5.92 Å². The molecule has 0 bridgehead atoms. The lowest BCUT2D eigenvalue weighted by molar-refractivity contribution is 0.0691. The van der Waals surface area contributed by atoms with E-state index < -0.39 is 5.97 Å². The molecule has 96 valence electrons. The van der Waals surface area contributed by atoms with Gasteiger partial charge in [-0.1, -0.05) is 12.8 Å². The van der Waals surface area contributed by atoms with Crippen LogP contribution >= 0.6 is 0 Å². The van der Waals surface area contributed by atoms with Crippen LogP contribution in [-0.4, -0.2) is 22.7 Å². The molecule has 1 aromatic rings. The number of aryl methyl sites for hydroxylation is 2. The molecule has 1 heterocycles. The van der Waals surface area contributed by atoms with Crippen LogP contribution < -0.4 is 4.74 Å². The number of aromatic carboxylic acids is 1. The van der Waals surface area contributed by atoms with Crippen LogP contribution in [0.5, 0.6) is 5.88 Å². The number of fused-ring (bicyclic) bond motifs is 1. The van der Waals surface area contributed by atoms with Crippen LogP contribution in [-0.2, 0) is 12.8 Å². The molecular weight excluding hydrogens is 230 g/mol. The Labute approximate surface area is 106 Å². The van der Waals surface area contributed by atoms with Crippen molar-refractivity contribution in [2.24, 2.45) is 5.92 Å². The second-order valence-corrected chi connectivity index (χ2v) is 5.19. The van der Waals surface area contributed by atoms with E-state index in [-0.39, 0.29) is 5.56 Å². The Balaban J connectivity index is 1.78. The van der Waals surface area contributed by atoms with Gasteiger partial charge >= 0.3 is 5.97 Å². The maximum Gasteiger partial charge on any atom is 0.341 e. The number of carboxylic acid groups (broad SMARTS) is 1. The topological polar surface area (TPSA) is 59.4 Å². The quantitative estimate of drug-likeness (QED) is 0.868. The maximum absolute atomic E-state index is 11.2. The first-order valence-electron chi connectivity index (χ1n) is 6.63. The lowest BCUT2D eigenvalue weighted by Gasteiger charge is -2.10. The fraction of sp³-hybridized carbons (Fsp3) is 0.571. The third kappa shape index (κ3) is 2.33. The van der Waals surface area contributed by atoms with Gasteiger partial charge in [-0.05, 0) is 43.2 Å². The molecule has 1 saturated carbocycles. The summed E-state index contributed by atoms with van der Waals surface area (Å²) in [5.74, 6) is 0.148.